The van der Waals surface area contributed by atoms with Gasteiger partial charge in [-0.15, -0.1) is 0 Å². The van der Waals surface area contributed by atoms with Crippen molar-refractivity contribution < 1.29 is 4.74 Å². The highest BCUT2D eigenvalue weighted by Crippen LogP contribution is 2.47. The van der Waals surface area contributed by atoms with E-state index < -0.39 is 0 Å². The minimum Gasteiger partial charge on any atom is -0.490 e. The molecule has 2 saturated carbocycles. The number of hydrogen-bond donors (Lipinski definition) is 0. The molecule has 0 radical (unpaired) electrons. The predicted molar refractivity (Wildman–Crippen MR) is 102 cm³/mol. The van der Waals surface area contributed by atoms with E-state index in [1.54, 1.807) is 0 Å². The van der Waals surface area contributed by atoms with E-state index in [1.807, 2.05) is 19.1 Å². The van der Waals surface area contributed by atoms with Gasteiger partial charge in [-0.05, 0) is 93.7 Å². The largest absolute Gasteiger partial charge is 0.490 e. The minimum absolute atomic E-state index is 0.663. The Balaban J connectivity index is 1.56. The van der Waals surface area contributed by atoms with Gasteiger partial charge in [-0.2, -0.15) is 0 Å². The zero-order valence-corrected chi connectivity index (χ0v) is 15.3. The van der Waals surface area contributed by atoms with Crippen LogP contribution in [0.15, 0.2) is 48.6 Å². The SMILES string of the molecule is CC=CCOc1ccc(C2CCC3CC(C=CC)CCC3C2)cc1. The Hall–Kier alpha value is -1.50. The summed E-state index contributed by atoms with van der Waals surface area (Å²) in [6.07, 6.45) is 17.2. The maximum Gasteiger partial charge on any atom is 0.119 e. The number of hydrogen-bond acceptors (Lipinski definition) is 1. The third kappa shape index (κ3) is 4.32. The monoisotopic (exact) mass is 324 g/mol. The van der Waals surface area contributed by atoms with Gasteiger partial charge in [0.15, 0.2) is 0 Å². The molecule has 3 rings (SSSR count). The molecule has 4 atom stereocenters. The van der Waals surface area contributed by atoms with Crippen molar-refractivity contribution in [1.82, 2.24) is 0 Å². The molecule has 1 heteroatoms. The van der Waals surface area contributed by atoms with Crippen molar-refractivity contribution in [3.63, 3.8) is 0 Å². The molecular weight excluding hydrogens is 292 g/mol. The molecule has 1 aromatic carbocycles. The Bertz CT molecular complexity index is 554. The molecule has 1 nitrogen and oxygen atoms in total. The molecule has 0 N–H and O–H groups in total. The van der Waals surface area contributed by atoms with Crippen LogP contribution in [0, 0.1) is 17.8 Å². The van der Waals surface area contributed by atoms with Gasteiger partial charge < -0.3 is 4.74 Å². The predicted octanol–water partition coefficient (Wildman–Crippen LogP) is 6.52. The van der Waals surface area contributed by atoms with Crippen LogP contribution in [0.25, 0.3) is 0 Å². The fourth-order valence-corrected chi connectivity index (χ4v) is 4.75. The first kappa shape index (κ1) is 17.3. The maximum atomic E-state index is 5.72. The average Bonchev–Trinajstić information content (AvgIpc) is 2.62. The summed E-state index contributed by atoms with van der Waals surface area (Å²) >= 11 is 0. The highest BCUT2D eigenvalue weighted by Gasteiger charge is 2.35. The second-order valence-corrected chi connectivity index (χ2v) is 7.58. The smallest absolute Gasteiger partial charge is 0.119 e. The molecule has 0 amide bonds. The van der Waals surface area contributed by atoms with Crippen molar-refractivity contribution >= 4 is 0 Å². The maximum absolute atomic E-state index is 5.72. The van der Waals surface area contributed by atoms with E-state index in [-0.39, 0.29) is 0 Å². The van der Waals surface area contributed by atoms with E-state index in [2.05, 4.69) is 43.3 Å². The van der Waals surface area contributed by atoms with E-state index >= 15 is 0 Å². The second kappa shape index (κ2) is 8.55. The van der Waals surface area contributed by atoms with Crippen LogP contribution in [0.5, 0.6) is 5.75 Å². The molecule has 0 bridgehead atoms. The van der Waals surface area contributed by atoms with Gasteiger partial charge in [0.2, 0.25) is 0 Å². The van der Waals surface area contributed by atoms with Gasteiger partial charge in [0.1, 0.15) is 12.4 Å². The molecule has 24 heavy (non-hydrogen) atoms. The van der Waals surface area contributed by atoms with Crippen LogP contribution in [-0.4, -0.2) is 6.61 Å². The van der Waals surface area contributed by atoms with Crippen LogP contribution < -0.4 is 4.74 Å². The summed E-state index contributed by atoms with van der Waals surface area (Å²) in [6, 6.07) is 8.88. The standard InChI is InChI=1S/C23H32O/c1-3-5-15-24-23-13-11-19(12-14-23)21-10-9-20-16-18(6-4-2)7-8-22(20)17-21/h3-6,11-14,18,20-22H,7-10,15-17H2,1-2H3. The molecule has 0 aliphatic heterocycles. The summed E-state index contributed by atoms with van der Waals surface area (Å²) in [6.45, 7) is 4.85. The molecular formula is C23H32O. The van der Waals surface area contributed by atoms with Crippen LogP contribution in [0.2, 0.25) is 0 Å². The van der Waals surface area contributed by atoms with E-state index in [1.165, 1.54) is 44.1 Å². The average molecular weight is 325 g/mol. The lowest BCUT2D eigenvalue weighted by Crippen LogP contribution is -2.30. The van der Waals surface area contributed by atoms with Gasteiger partial charge >= 0.3 is 0 Å². The van der Waals surface area contributed by atoms with E-state index in [9.17, 15) is 0 Å². The van der Waals surface area contributed by atoms with Crippen molar-refractivity contribution in [2.45, 2.75) is 58.3 Å². The Labute approximate surface area is 147 Å². The van der Waals surface area contributed by atoms with Crippen molar-refractivity contribution in [1.29, 1.82) is 0 Å². The van der Waals surface area contributed by atoms with Crippen molar-refractivity contribution in [3.05, 3.63) is 54.1 Å². The second-order valence-electron chi connectivity index (χ2n) is 7.58. The summed E-state index contributed by atoms with van der Waals surface area (Å²) < 4.78 is 5.72. The van der Waals surface area contributed by atoms with Gasteiger partial charge in [-0.3, -0.25) is 0 Å². The summed E-state index contributed by atoms with van der Waals surface area (Å²) in [5.74, 6) is 4.52. The molecule has 0 saturated heterocycles. The fourth-order valence-electron chi connectivity index (χ4n) is 4.75. The third-order valence-electron chi connectivity index (χ3n) is 6.05. The van der Waals surface area contributed by atoms with Crippen molar-refractivity contribution in [3.8, 4) is 5.75 Å². The first-order chi connectivity index (χ1) is 11.8. The van der Waals surface area contributed by atoms with Crippen LogP contribution in [0.1, 0.15) is 63.9 Å². The highest BCUT2D eigenvalue weighted by atomic mass is 16.5. The summed E-state index contributed by atoms with van der Waals surface area (Å²) in [5, 5.41) is 0. The number of benzene rings is 1. The number of allylic oxidation sites excluding steroid dienone is 3. The van der Waals surface area contributed by atoms with Crippen LogP contribution in [0.3, 0.4) is 0 Å². The summed E-state index contributed by atoms with van der Waals surface area (Å²) in [4.78, 5) is 0. The first-order valence-corrected chi connectivity index (χ1v) is 9.77. The Morgan fingerprint density at radius 3 is 2.42 bits per heavy atom. The van der Waals surface area contributed by atoms with Crippen LogP contribution in [0.4, 0.5) is 0 Å². The Kier molecular flexibility index (Phi) is 6.18. The molecule has 1 aromatic rings. The lowest BCUT2D eigenvalue weighted by Gasteiger charge is -2.41. The zero-order chi connectivity index (χ0) is 16.8. The van der Waals surface area contributed by atoms with E-state index in [4.69, 9.17) is 4.74 Å². The summed E-state index contributed by atoms with van der Waals surface area (Å²) in [5.41, 5.74) is 1.52. The molecule has 0 heterocycles. The van der Waals surface area contributed by atoms with Gasteiger partial charge in [-0.25, -0.2) is 0 Å². The topological polar surface area (TPSA) is 9.23 Å². The molecule has 0 aromatic heterocycles. The highest BCUT2D eigenvalue weighted by molar-refractivity contribution is 5.30. The molecule has 2 fully saturated rings. The quantitative estimate of drug-likeness (QED) is 0.560. The van der Waals surface area contributed by atoms with Crippen molar-refractivity contribution in [2.75, 3.05) is 6.61 Å². The number of rotatable bonds is 5. The molecule has 2 aliphatic rings. The zero-order valence-electron chi connectivity index (χ0n) is 15.3. The van der Waals surface area contributed by atoms with E-state index in [0.29, 0.717) is 6.61 Å². The Morgan fingerprint density at radius 2 is 1.67 bits per heavy atom. The molecule has 0 spiro atoms. The minimum atomic E-state index is 0.663. The van der Waals surface area contributed by atoms with Crippen LogP contribution >= 0.6 is 0 Å². The normalized spacial score (nSPS) is 30.6. The summed E-state index contributed by atoms with van der Waals surface area (Å²) in [7, 11) is 0. The number of ether oxygens (including phenoxy) is 1. The lowest BCUT2D eigenvalue weighted by atomic mass is 9.64. The molecule has 4 unspecified atom stereocenters. The fraction of sp³-hybridized carbons (Fsp3) is 0.565. The Morgan fingerprint density at radius 1 is 0.917 bits per heavy atom. The first-order valence-electron chi connectivity index (χ1n) is 9.77. The van der Waals surface area contributed by atoms with Gasteiger partial charge in [0.05, 0.1) is 0 Å². The third-order valence-corrected chi connectivity index (χ3v) is 6.05. The van der Waals surface area contributed by atoms with Gasteiger partial charge in [0, 0.05) is 0 Å². The molecule has 2 aliphatic carbocycles. The lowest BCUT2D eigenvalue weighted by molar-refractivity contribution is 0.133. The van der Waals surface area contributed by atoms with Crippen molar-refractivity contribution in [2.24, 2.45) is 17.8 Å². The van der Waals surface area contributed by atoms with Crippen LogP contribution in [-0.2, 0) is 0 Å². The van der Waals surface area contributed by atoms with E-state index in [0.717, 1.165) is 29.4 Å². The van der Waals surface area contributed by atoms with Gasteiger partial charge in [-0.1, -0.05) is 36.4 Å². The number of fused-ring (bicyclic) bond motifs is 1. The molecule has 130 valence electrons. The van der Waals surface area contributed by atoms with Gasteiger partial charge in [0.25, 0.3) is 0 Å².